The summed E-state index contributed by atoms with van der Waals surface area (Å²) in [5, 5.41) is 3.82. The van der Waals surface area contributed by atoms with Gasteiger partial charge < -0.3 is 10.1 Å². The minimum atomic E-state index is -0.156. The van der Waals surface area contributed by atoms with E-state index < -0.39 is 0 Å². The second-order valence-electron chi connectivity index (χ2n) is 6.30. The van der Waals surface area contributed by atoms with Crippen LogP contribution in [0.4, 0.5) is 5.69 Å². The third kappa shape index (κ3) is 5.76. The second kappa shape index (κ2) is 9.98. The van der Waals surface area contributed by atoms with Gasteiger partial charge in [-0.1, -0.05) is 70.3 Å². The first-order valence-electron chi connectivity index (χ1n) is 8.86. The Bertz CT molecular complexity index is 1060. The van der Waals surface area contributed by atoms with Crippen LogP contribution >= 0.6 is 55.1 Å². The number of ether oxygens (including phenoxy) is 1. The Morgan fingerprint density at radius 2 is 1.79 bits per heavy atom. The molecule has 0 saturated carbocycles. The normalized spacial score (nSPS) is 10.7. The van der Waals surface area contributed by atoms with Crippen molar-refractivity contribution in [2.24, 2.45) is 0 Å². The summed E-state index contributed by atoms with van der Waals surface area (Å²) in [5.74, 6) is 1.04. The highest BCUT2D eigenvalue weighted by atomic mass is 79.9. The molecule has 7 heteroatoms. The van der Waals surface area contributed by atoms with Crippen molar-refractivity contribution in [2.45, 2.75) is 19.8 Å². The molecule has 29 heavy (non-hydrogen) atoms. The molecular weight excluding hydrogens is 541 g/mol. The van der Waals surface area contributed by atoms with Crippen molar-refractivity contribution in [1.29, 1.82) is 0 Å². The standard InChI is InChI=1S/C22H17Br2Cl2NO2/c1-2-14-8-7-13(10-21(28)27-18-6-4-3-5-17(18)25)9-19(14)29-20-12-15(23)11-16(24)22(20)26/h3-9,11-12H,2,10H2,1H3,(H,27,28). The van der Waals surface area contributed by atoms with Gasteiger partial charge in [0.25, 0.3) is 0 Å². The van der Waals surface area contributed by atoms with Gasteiger partial charge in [-0.2, -0.15) is 0 Å². The van der Waals surface area contributed by atoms with Gasteiger partial charge in [-0.15, -0.1) is 0 Å². The quantitative estimate of drug-likeness (QED) is 0.311. The van der Waals surface area contributed by atoms with Crippen molar-refractivity contribution in [2.75, 3.05) is 5.32 Å². The van der Waals surface area contributed by atoms with Crippen molar-refractivity contribution in [3.8, 4) is 11.5 Å². The number of para-hydroxylation sites is 1. The van der Waals surface area contributed by atoms with Crippen LogP contribution in [0.25, 0.3) is 0 Å². The molecule has 1 amide bonds. The fourth-order valence-electron chi connectivity index (χ4n) is 2.76. The number of hydrogen-bond donors (Lipinski definition) is 1. The van der Waals surface area contributed by atoms with Gasteiger partial charge in [-0.3, -0.25) is 4.79 Å². The van der Waals surface area contributed by atoms with Gasteiger partial charge in [0.2, 0.25) is 5.91 Å². The minimum Gasteiger partial charge on any atom is -0.455 e. The highest BCUT2D eigenvalue weighted by Gasteiger charge is 2.13. The molecule has 0 aliphatic heterocycles. The lowest BCUT2D eigenvalue weighted by Gasteiger charge is -2.14. The monoisotopic (exact) mass is 555 g/mol. The summed E-state index contributed by atoms with van der Waals surface area (Å²) >= 11 is 19.4. The number of anilines is 1. The zero-order chi connectivity index (χ0) is 21.0. The molecule has 0 unspecified atom stereocenters. The van der Waals surface area contributed by atoms with Gasteiger partial charge in [-0.25, -0.2) is 0 Å². The smallest absolute Gasteiger partial charge is 0.228 e. The van der Waals surface area contributed by atoms with Gasteiger partial charge in [0, 0.05) is 8.95 Å². The SMILES string of the molecule is CCc1ccc(CC(=O)Nc2ccccc2Cl)cc1Oc1cc(Br)cc(Br)c1Cl. The molecule has 0 bridgehead atoms. The topological polar surface area (TPSA) is 38.3 Å². The average Bonchev–Trinajstić information content (AvgIpc) is 2.68. The zero-order valence-electron chi connectivity index (χ0n) is 15.4. The molecule has 3 aromatic carbocycles. The maximum Gasteiger partial charge on any atom is 0.228 e. The molecule has 0 fully saturated rings. The van der Waals surface area contributed by atoms with Crippen LogP contribution in [0.2, 0.25) is 10.0 Å². The van der Waals surface area contributed by atoms with Gasteiger partial charge in [0.1, 0.15) is 11.5 Å². The molecule has 0 heterocycles. The van der Waals surface area contributed by atoms with E-state index in [2.05, 4.69) is 37.2 Å². The molecular formula is C22H17Br2Cl2NO2. The minimum absolute atomic E-state index is 0.156. The number of halogens is 4. The van der Waals surface area contributed by atoms with Crippen molar-refractivity contribution in [3.63, 3.8) is 0 Å². The van der Waals surface area contributed by atoms with Crippen molar-refractivity contribution in [1.82, 2.24) is 0 Å². The van der Waals surface area contributed by atoms with Gasteiger partial charge in [-0.05, 0) is 63.8 Å². The number of amides is 1. The van der Waals surface area contributed by atoms with Crippen LogP contribution in [0.5, 0.6) is 11.5 Å². The molecule has 3 nitrogen and oxygen atoms in total. The van der Waals surface area contributed by atoms with Gasteiger partial charge in [0.15, 0.2) is 0 Å². The Kier molecular flexibility index (Phi) is 7.63. The van der Waals surface area contributed by atoms with E-state index in [1.807, 2.05) is 49.4 Å². The first-order valence-corrected chi connectivity index (χ1v) is 11.2. The van der Waals surface area contributed by atoms with Crippen molar-refractivity contribution < 1.29 is 9.53 Å². The summed E-state index contributed by atoms with van der Waals surface area (Å²) in [6, 6.07) is 16.6. The van der Waals surface area contributed by atoms with Crippen LogP contribution in [0.15, 0.2) is 63.5 Å². The first kappa shape index (κ1) is 22.2. The maximum atomic E-state index is 12.5. The number of nitrogens with one attached hydrogen (secondary N) is 1. The summed E-state index contributed by atoms with van der Waals surface area (Å²) < 4.78 is 7.69. The van der Waals surface area contributed by atoms with E-state index in [0.29, 0.717) is 27.2 Å². The Morgan fingerprint density at radius 1 is 1.03 bits per heavy atom. The predicted molar refractivity (Wildman–Crippen MR) is 127 cm³/mol. The lowest BCUT2D eigenvalue weighted by molar-refractivity contribution is -0.115. The molecule has 1 N–H and O–H groups in total. The highest BCUT2D eigenvalue weighted by molar-refractivity contribution is 9.11. The number of aryl methyl sites for hydroxylation is 1. The lowest BCUT2D eigenvalue weighted by Crippen LogP contribution is -2.14. The first-order chi connectivity index (χ1) is 13.9. The Labute approximate surface area is 196 Å². The van der Waals surface area contributed by atoms with Crippen LogP contribution in [-0.4, -0.2) is 5.91 Å². The van der Waals surface area contributed by atoms with E-state index in [9.17, 15) is 4.79 Å². The summed E-state index contributed by atoms with van der Waals surface area (Å²) in [7, 11) is 0. The predicted octanol–water partition coefficient (Wildman–Crippen LogP) is 8.05. The summed E-state index contributed by atoms with van der Waals surface area (Å²) in [6.07, 6.45) is 0.982. The number of benzene rings is 3. The van der Waals surface area contributed by atoms with Gasteiger partial charge >= 0.3 is 0 Å². The van der Waals surface area contributed by atoms with E-state index in [1.165, 1.54) is 0 Å². The summed E-state index contributed by atoms with van der Waals surface area (Å²) in [4.78, 5) is 12.5. The largest absolute Gasteiger partial charge is 0.455 e. The number of rotatable bonds is 6. The van der Waals surface area contributed by atoms with E-state index in [4.69, 9.17) is 27.9 Å². The number of carbonyl (C=O) groups is 1. The van der Waals surface area contributed by atoms with Crippen LogP contribution in [0.3, 0.4) is 0 Å². The maximum absolute atomic E-state index is 12.5. The molecule has 0 atom stereocenters. The van der Waals surface area contributed by atoms with E-state index in [1.54, 1.807) is 12.1 Å². The molecule has 3 aromatic rings. The Morgan fingerprint density at radius 3 is 2.52 bits per heavy atom. The molecule has 0 aliphatic rings. The van der Waals surface area contributed by atoms with E-state index in [0.717, 1.165) is 26.5 Å². The van der Waals surface area contributed by atoms with Crippen LogP contribution < -0.4 is 10.1 Å². The van der Waals surface area contributed by atoms with Crippen LogP contribution in [0, 0.1) is 0 Å². The van der Waals surface area contributed by atoms with Crippen LogP contribution in [0.1, 0.15) is 18.1 Å². The molecule has 0 aromatic heterocycles. The summed E-state index contributed by atoms with van der Waals surface area (Å²) in [5.41, 5.74) is 2.44. The number of carbonyl (C=O) groups excluding carboxylic acids is 1. The number of hydrogen-bond acceptors (Lipinski definition) is 2. The van der Waals surface area contributed by atoms with E-state index in [-0.39, 0.29) is 12.3 Å². The van der Waals surface area contributed by atoms with Crippen LogP contribution in [-0.2, 0) is 17.6 Å². The molecule has 0 saturated heterocycles. The molecule has 150 valence electrons. The zero-order valence-corrected chi connectivity index (χ0v) is 20.1. The second-order valence-corrected chi connectivity index (χ2v) is 8.86. The third-order valence-corrected chi connectivity index (χ3v) is 6.24. The molecule has 0 radical (unpaired) electrons. The van der Waals surface area contributed by atoms with Crippen molar-refractivity contribution >= 4 is 66.7 Å². The van der Waals surface area contributed by atoms with Crippen molar-refractivity contribution in [3.05, 3.63) is 84.7 Å². The fraction of sp³-hybridized carbons (Fsp3) is 0.136. The molecule has 0 spiro atoms. The Hall–Kier alpha value is -1.53. The highest BCUT2D eigenvalue weighted by Crippen LogP contribution is 2.39. The molecule has 0 aliphatic carbocycles. The third-order valence-electron chi connectivity index (χ3n) is 4.20. The fourth-order valence-corrected chi connectivity index (χ4v) is 4.28. The lowest BCUT2D eigenvalue weighted by atomic mass is 10.1. The Balaban J connectivity index is 1.82. The molecule has 3 rings (SSSR count). The summed E-state index contributed by atoms with van der Waals surface area (Å²) in [6.45, 7) is 2.05. The van der Waals surface area contributed by atoms with Gasteiger partial charge in [0.05, 0.1) is 22.2 Å². The average molecular weight is 558 g/mol. The van der Waals surface area contributed by atoms with E-state index >= 15 is 0 Å².